The van der Waals surface area contributed by atoms with Crippen LogP contribution in [-0.4, -0.2) is 20.7 Å². The van der Waals surface area contributed by atoms with Gasteiger partial charge in [0.2, 0.25) is 0 Å². The van der Waals surface area contributed by atoms with E-state index in [1.165, 1.54) is 0 Å². The van der Waals surface area contributed by atoms with Gasteiger partial charge in [0.05, 0.1) is 5.69 Å². The van der Waals surface area contributed by atoms with Gasteiger partial charge in [0.1, 0.15) is 5.69 Å². The van der Waals surface area contributed by atoms with Gasteiger partial charge in [-0.3, -0.25) is 9.78 Å². The minimum Gasteiger partial charge on any atom is -0.381 e. The molecule has 0 unspecified atom stereocenters. The number of hydrogen-bond acceptors (Lipinski definition) is 4. The van der Waals surface area contributed by atoms with Crippen LogP contribution in [0.25, 0.3) is 5.69 Å². The Kier molecular flexibility index (Phi) is 3.82. The van der Waals surface area contributed by atoms with Gasteiger partial charge in [-0.05, 0) is 29.8 Å². The van der Waals surface area contributed by atoms with Gasteiger partial charge in [0.25, 0.3) is 5.91 Å². The Bertz CT molecular complexity index is 783. The lowest BCUT2D eigenvalue weighted by molar-refractivity contribution is 0.0995. The van der Waals surface area contributed by atoms with Gasteiger partial charge in [-0.25, -0.2) is 4.68 Å². The molecule has 0 spiro atoms. The molecule has 2 aromatic heterocycles. The second kappa shape index (κ2) is 6.09. The lowest BCUT2D eigenvalue weighted by Crippen LogP contribution is -2.13. The van der Waals surface area contributed by atoms with Crippen molar-refractivity contribution in [2.24, 2.45) is 5.73 Å². The number of nitrogens with zero attached hydrogens (tertiary/aromatic N) is 3. The summed E-state index contributed by atoms with van der Waals surface area (Å²) in [5, 5.41) is 7.53. The summed E-state index contributed by atoms with van der Waals surface area (Å²) in [6.45, 7) is 0.595. The fourth-order valence-corrected chi connectivity index (χ4v) is 2.17. The second-order valence-corrected chi connectivity index (χ2v) is 4.73. The van der Waals surface area contributed by atoms with E-state index in [9.17, 15) is 4.79 Å². The molecule has 3 aromatic rings. The molecule has 6 heteroatoms. The summed E-state index contributed by atoms with van der Waals surface area (Å²) in [5.41, 5.74) is 8.36. The number of hydrogen-bond donors (Lipinski definition) is 2. The van der Waals surface area contributed by atoms with Gasteiger partial charge >= 0.3 is 0 Å². The molecule has 0 radical (unpaired) electrons. The zero-order valence-corrected chi connectivity index (χ0v) is 11.8. The largest absolute Gasteiger partial charge is 0.381 e. The third-order valence-electron chi connectivity index (χ3n) is 3.24. The lowest BCUT2D eigenvalue weighted by atomic mass is 10.1. The standard InChI is InChI=1S/C16H15N5O/c17-16(22)14-10-13(6-8-18-14)19-11-12-4-1-2-5-15(12)21-9-3-7-20-21/h1-10H,11H2,(H2,17,22)(H,18,19). The molecule has 0 fully saturated rings. The van der Waals surface area contributed by atoms with Crippen LogP contribution < -0.4 is 11.1 Å². The van der Waals surface area contributed by atoms with Crippen molar-refractivity contribution in [1.82, 2.24) is 14.8 Å². The van der Waals surface area contributed by atoms with Crippen LogP contribution in [-0.2, 0) is 6.54 Å². The van der Waals surface area contributed by atoms with Crippen molar-refractivity contribution in [3.63, 3.8) is 0 Å². The highest BCUT2D eigenvalue weighted by molar-refractivity contribution is 5.91. The van der Waals surface area contributed by atoms with E-state index in [-0.39, 0.29) is 5.69 Å². The smallest absolute Gasteiger partial charge is 0.267 e. The third-order valence-corrected chi connectivity index (χ3v) is 3.24. The summed E-state index contributed by atoms with van der Waals surface area (Å²) < 4.78 is 1.82. The topological polar surface area (TPSA) is 85.8 Å². The summed E-state index contributed by atoms with van der Waals surface area (Å²) in [4.78, 5) is 15.1. The van der Waals surface area contributed by atoms with E-state index >= 15 is 0 Å². The monoisotopic (exact) mass is 293 g/mol. The number of amides is 1. The Morgan fingerprint density at radius 3 is 2.82 bits per heavy atom. The van der Waals surface area contributed by atoms with E-state index < -0.39 is 5.91 Å². The number of primary amides is 1. The Morgan fingerprint density at radius 2 is 2.05 bits per heavy atom. The second-order valence-electron chi connectivity index (χ2n) is 4.73. The number of nitrogens with two attached hydrogens (primary N) is 1. The zero-order chi connectivity index (χ0) is 15.4. The van der Waals surface area contributed by atoms with E-state index in [4.69, 9.17) is 5.73 Å². The summed E-state index contributed by atoms with van der Waals surface area (Å²) >= 11 is 0. The maximum Gasteiger partial charge on any atom is 0.267 e. The first-order valence-electron chi connectivity index (χ1n) is 6.82. The number of aromatic nitrogens is 3. The van der Waals surface area contributed by atoms with Crippen molar-refractivity contribution in [3.8, 4) is 5.69 Å². The summed E-state index contributed by atoms with van der Waals surface area (Å²) in [6.07, 6.45) is 5.20. The van der Waals surface area contributed by atoms with Crippen LogP contribution >= 0.6 is 0 Å². The molecule has 2 heterocycles. The SMILES string of the molecule is NC(=O)c1cc(NCc2ccccc2-n2cccn2)ccn1. The predicted octanol–water partition coefficient (Wildman–Crippen LogP) is 1.98. The Balaban J connectivity index is 1.80. The van der Waals surface area contributed by atoms with Crippen molar-refractivity contribution >= 4 is 11.6 Å². The van der Waals surface area contributed by atoms with Crippen molar-refractivity contribution in [1.29, 1.82) is 0 Å². The van der Waals surface area contributed by atoms with Gasteiger partial charge in [-0.15, -0.1) is 0 Å². The number of pyridine rings is 1. The van der Waals surface area contributed by atoms with E-state index in [0.29, 0.717) is 6.54 Å². The molecule has 0 aliphatic carbocycles. The first-order valence-corrected chi connectivity index (χ1v) is 6.82. The van der Waals surface area contributed by atoms with E-state index in [0.717, 1.165) is 16.9 Å². The quantitative estimate of drug-likeness (QED) is 0.753. The Morgan fingerprint density at radius 1 is 1.18 bits per heavy atom. The average molecular weight is 293 g/mol. The number of para-hydroxylation sites is 1. The minimum atomic E-state index is -0.541. The van der Waals surface area contributed by atoms with Gasteiger partial charge < -0.3 is 11.1 Å². The predicted molar refractivity (Wildman–Crippen MR) is 83.6 cm³/mol. The fraction of sp³-hybridized carbons (Fsp3) is 0.0625. The van der Waals surface area contributed by atoms with Gasteiger partial charge in [-0.2, -0.15) is 5.10 Å². The van der Waals surface area contributed by atoms with E-state index in [1.807, 2.05) is 41.2 Å². The molecular weight excluding hydrogens is 278 g/mol. The molecule has 0 atom stereocenters. The maximum absolute atomic E-state index is 11.2. The summed E-state index contributed by atoms with van der Waals surface area (Å²) in [5.74, 6) is -0.541. The lowest BCUT2D eigenvalue weighted by Gasteiger charge is -2.11. The molecule has 0 bridgehead atoms. The number of carbonyl (C=O) groups is 1. The number of rotatable bonds is 5. The first-order chi connectivity index (χ1) is 10.7. The first kappa shape index (κ1) is 13.8. The highest BCUT2D eigenvalue weighted by Gasteiger charge is 2.06. The summed E-state index contributed by atoms with van der Waals surface area (Å²) in [7, 11) is 0. The number of nitrogens with one attached hydrogen (secondary N) is 1. The maximum atomic E-state index is 11.2. The molecule has 6 nitrogen and oxygen atoms in total. The molecule has 0 saturated heterocycles. The number of anilines is 1. The Hall–Kier alpha value is -3.15. The third kappa shape index (κ3) is 2.95. The number of carbonyl (C=O) groups excluding carboxylic acids is 1. The van der Waals surface area contributed by atoms with Crippen molar-refractivity contribution in [2.45, 2.75) is 6.54 Å². The van der Waals surface area contributed by atoms with Crippen LogP contribution in [0.4, 0.5) is 5.69 Å². The minimum absolute atomic E-state index is 0.241. The molecule has 0 saturated carbocycles. The molecule has 3 rings (SSSR count). The van der Waals surface area contributed by atoms with Crippen molar-refractivity contribution in [2.75, 3.05) is 5.32 Å². The molecule has 1 amide bonds. The molecule has 110 valence electrons. The molecule has 22 heavy (non-hydrogen) atoms. The molecule has 0 aliphatic rings. The van der Waals surface area contributed by atoms with Gasteiger partial charge in [0, 0.05) is 30.8 Å². The van der Waals surface area contributed by atoms with Crippen LogP contribution in [0.2, 0.25) is 0 Å². The van der Waals surface area contributed by atoms with E-state index in [2.05, 4.69) is 15.4 Å². The highest BCUT2D eigenvalue weighted by Crippen LogP contribution is 2.16. The summed E-state index contributed by atoms with van der Waals surface area (Å²) in [6, 6.07) is 13.3. The number of benzene rings is 1. The highest BCUT2D eigenvalue weighted by atomic mass is 16.1. The average Bonchev–Trinajstić information content (AvgIpc) is 3.08. The Labute approximate surface area is 127 Å². The molecule has 1 aromatic carbocycles. The van der Waals surface area contributed by atoms with Crippen molar-refractivity contribution in [3.05, 3.63) is 72.3 Å². The molecule has 3 N–H and O–H groups in total. The van der Waals surface area contributed by atoms with Gasteiger partial charge in [0.15, 0.2) is 0 Å². The molecule has 0 aliphatic heterocycles. The van der Waals surface area contributed by atoms with E-state index in [1.54, 1.807) is 24.5 Å². The van der Waals surface area contributed by atoms with Crippen LogP contribution in [0.3, 0.4) is 0 Å². The zero-order valence-electron chi connectivity index (χ0n) is 11.8. The van der Waals surface area contributed by atoms with Crippen LogP contribution in [0.5, 0.6) is 0 Å². The fourth-order valence-electron chi connectivity index (χ4n) is 2.17. The molecular formula is C16H15N5O. The van der Waals surface area contributed by atoms with Gasteiger partial charge in [-0.1, -0.05) is 18.2 Å². The van der Waals surface area contributed by atoms with Crippen LogP contribution in [0.1, 0.15) is 16.1 Å². The van der Waals surface area contributed by atoms with Crippen molar-refractivity contribution < 1.29 is 4.79 Å². The van der Waals surface area contributed by atoms with Crippen LogP contribution in [0.15, 0.2) is 61.1 Å². The van der Waals surface area contributed by atoms with Crippen LogP contribution in [0, 0.1) is 0 Å². The normalized spacial score (nSPS) is 10.4.